The number of fused-ring (bicyclic) bond motifs is 1. The van der Waals surface area contributed by atoms with Gasteiger partial charge in [-0.05, 0) is 13.0 Å². The molecule has 0 aliphatic carbocycles. The molecule has 0 fully saturated rings. The molecule has 0 aliphatic rings. The van der Waals surface area contributed by atoms with Crippen molar-refractivity contribution in [2.45, 2.75) is 6.92 Å². The highest BCUT2D eigenvalue weighted by molar-refractivity contribution is 5.91. The van der Waals surface area contributed by atoms with Gasteiger partial charge in [0, 0.05) is 17.4 Å². The molecule has 0 saturated carbocycles. The van der Waals surface area contributed by atoms with E-state index in [0.29, 0.717) is 0 Å². The number of benzene rings is 1. The highest BCUT2D eigenvalue weighted by atomic mass is 14.9. The summed E-state index contributed by atoms with van der Waals surface area (Å²) in [6.07, 6.45) is 3.08. The second kappa shape index (κ2) is 2.89. The van der Waals surface area contributed by atoms with Crippen LogP contribution in [0.1, 0.15) is 6.92 Å². The van der Waals surface area contributed by atoms with Crippen LogP contribution in [0.3, 0.4) is 0 Å². The van der Waals surface area contributed by atoms with Crippen molar-refractivity contribution in [2.24, 2.45) is 0 Å². The monoisotopic (exact) mass is 159 g/mol. The number of nitrogens with one attached hydrogen (secondary N) is 2. The normalized spacial score (nSPS) is 10.4. The summed E-state index contributed by atoms with van der Waals surface area (Å²) < 4.78 is 0. The van der Waals surface area contributed by atoms with E-state index in [1.807, 2.05) is 18.2 Å². The number of hydrogen-bond donors (Lipinski definition) is 2. The Labute approximate surface area is 71.6 Å². The lowest BCUT2D eigenvalue weighted by molar-refractivity contribution is 1.21. The third-order valence-electron chi connectivity index (χ3n) is 1.87. The van der Waals surface area contributed by atoms with Gasteiger partial charge in [-0.15, -0.1) is 0 Å². The van der Waals surface area contributed by atoms with E-state index in [1.165, 1.54) is 5.39 Å². The lowest BCUT2D eigenvalue weighted by Gasteiger charge is -1.97. The molecule has 1 radical (unpaired) electrons. The smallest absolute Gasteiger partial charge is 0.0888 e. The van der Waals surface area contributed by atoms with Gasteiger partial charge < -0.3 is 10.3 Å². The van der Waals surface area contributed by atoms with Gasteiger partial charge in [-0.3, -0.25) is 0 Å². The molecule has 12 heavy (non-hydrogen) atoms. The topological polar surface area (TPSA) is 27.8 Å². The van der Waals surface area contributed by atoms with Gasteiger partial charge in [-0.1, -0.05) is 18.2 Å². The van der Waals surface area contributed by atoms with Crippen molar-refractivity contribution < 1.29 is 0 Å². The Morgan fingerprint density at radius 3 is 3.08 bits per heavy atom. The molecule has 2 aromatic rings. The molecule has 0 saturated heterocycles. The Morgan fingerprint density at radius 1 is 1.42 bits per heavy atom. The fraction of sp³-hybridized carbons (Fsp3) is 0.200. The summed E-state index contributed by atoms with van der Waals surface area (Å²) in [4.78, 5) is 3.09. The van der Waals surface area contributed by atoms with E-state index in [4.69, 9.17) is 0 Å². The average Bonchev–Trinajstić information content (AvgIpc) is 2.50. The van der Waals surface area contributed by atoms with Gasteiger partial charge >= 0.3 is 0 Å². The van der Waals surface area contributed by atoms with Crippen LogP contribution in [0.5, 0.6) is 0 Å². The average molecular weight is 159 g/mol. The van der Waals surface area contributed by atoms with Gasteiger partial charge in [-0.25, -0.2) is 0 Å². The van der Waals surface area contributed by atoms with Crippen molar-refractivity contribution in [1.82, 2.24) is 4.98 Å². The summed E-state index contributed by atoms with van der Waals surface area (Å²) >= 11 is 0. The standard InChI is InChI=1S/C10H11N2/c1-2-11-10-7-12-9-6-4-3-5-8(9)10/h3-6,11-12H,2H2,1H3. The number of aromatic nitrogens is 1. The minimum Gasteiger partial charge on any atom is -0.383 e. The first-order valence-corrected chi connectivity index (χ1v) is 4.14. The molecular weight excluding hydrogens is 148 g/mol. The molecule has 0 amide bonds. The quantitative estimate of drug-likeness (QED) is 0.691. The molecule has 1 aromatic heterocycles. The lowest BCUT2D eigenvalue weighted by Crippen LogP contribution is -1.94. The predicted octanol–water partition coefficient (Wildman–Crippen LogP) is 2.40. The van der Waals surface area contributed by atoms with E-state index in [-0.39, 0.29) is 0 Å². The van der Waals surface area contributed by atoms with Gasteiger partial charge in [0.2, 0.25) is 0 Å². The molecule has 2 N–H and O–H groups in total. The maximum Gasteiger partial charge on any atom is 0.0888 e. The summed E-state index contributed by atoms with van der Waals surface area (Å²) in [6.45, 7) is 3.01. The predicted molar refractivity (Wildman–Crippen MR) is 51.3 cm³/mol. The molecule has 2 nitrogen and oxygen atoms in total. The first-order valence-electron chi connectivity index (χ1n) is 4.14. The summed E-state index contributed by atoms with van der Waals surface area (Å²) in [5.74, 6) is 0. The number of para-hydroxylation sites is 1. The van der Waals surface area contributed by atoms with Crippen LogP contribution in [0.25, 0.3) is 10.9 Å². The van der Waals surface area contributed by atoms with E-state index in [2.05, 4.69) is 29.5 Å². The number of rotatable bonds is 2. The van der Waals surface area contributed by atoms with Crippen molar-refractivity contribution in [1.29, 1.82) is 0 Å². The molecule has 0 spiro atoms. The lowest BCUT2D eigenvalue weighted by atomic mass is 10.2. The van der Waals surface area contributed by atoms with Crippen LogP contribution < -0.4 is 5.32 Å². The number of H-pyrrole nitrogens is 1. The van der Waals surface area contributed by atoms with Crippen molar-refractivity contribution >= 4 is 16.6 Å². The zero-order valence-corrected chi connectivity index (χ0v) is 7.02. The van der Waals surface area contributed by atoms with Gasteiger partial charge in [0.15, 0.2) is 0 Å². The molecule has 0 aliphatic heterocycles. The molecule has 0 bridgehead atoms. The second-order valence-electron chi connectivity index (χ2n) is 2.70. The number of anilines is 1. The first-order chi connectivity index (χ1) is 5.92. The number of hydrogen-bond acceptors (Lipinski definition) is 1. The van der Waals surface area contributed by atoms with Gasteiger partial charge in [0.05, 0.1) is 11.9 Å². The van der Waals surface area contributed by atoms with Crippen LogP contribution in [-0.2, 0) is 0 Å². The largest absolute Gasteiger partial charge is 0.383 e. The highest BCUT2D eigenvalue weighted by Crippen LogP contribution is 2.21. The number of aromatic amines is 1. The molecule has 0 atom stereocenters. The van der Waals surface area contributed by atoms with E-state index in [0.717, 1.165) is 17.7 Å². The fourth-order valence-corrected chi connectivity index (χ4v) is 1.32. The highest BCUT2D eigenvalue weighted by Gasteiger charge is 1.99. The van der Waals surface area contributed by atoms with Crippen LogP contribution in [0.15, 0.2) is 24.3 Å². The van der Waals surface area contributed by atoms with Gasteiger partial charge in [0.1, 0.15) is 0 Å². The van der Waals surface area contributed by atoms with E-state index in [9.17, 15) is 0 Å². The molecule has 2 heteroatoms. The minimum absolute atomic E-state index is 0.929. The van der Waals surface area contributed by atoms with Crippen LogP contribution in [0.4, 0.5) is 5.69 Å². The summed E-state index contributed by atoms with van der Waals surface area (Å²) in [5.41, 5.74) is 2.20. The van der Waals surface area contributed by atoms with E-state index >= 15 is 0 Å². The Kier molecular flexibility index (Phi) is 1.74. The van der Waals surface area contributed by atoms with E-state index < -0.39 is 0 Å². The molecule has 61 valence electrons. The first kappa shape index (κ1) is 7.22. The second-order valence-corrected chi connectivity index (χ2v) is 2.70. The Hall–Kier alpha value is -1.44. The summed E-state index contributed by atoms with van der Waals surface area (Å²) in [7, 11) is 0. The Bertz CT molecular complexity index is 376. The summed E-state index contributed by atoms with van der Waals surface area (Å²) in [5, 5.41) is 4.45. The zero-order chi connectivity index (χ0) is 8.39. The van der Waals surface area contributed by atoms with Gasteiger partial charge in [-0.2, -0.15) is 0 Å². The van der Waals surface area contributed by atoms with Crippen molar-refractivity contribution in [3.8, 4) is 0 Å². The Morgan fingerprint density at radius 2 is 2.25 bits per heavy atom. The van der Waals surface area contributed by atoms with Crippen molar-refractivity contribution in [3.63, 3.8) is 0 Å². The van der Waals surface area contributed by atoms with Crippen LogP contribution >= 0.6 is 0 Å². The maximum absolute atomic E-state index is 3.24. The third-order valence-corrected chi connectivity index (χ3v) is 1.87. The Balaban J connectivity index is 2.55. The molecule has 1 heterocycles. The molecule has 2 rings (SSSR count). The maximum atomic E-state index is 3.24. The molecule has 0 unspecified atom stereocenters. The van der Waals surface area contributed by atoms with Gasteiger partial charge in [0.25, 0.3) is 0 Å². The molecular formula is C10H11N2. The third kappa shape index (κ3) is 1.05. The fourth-order valence-electron chi connectivity index (χ4n) is 1.32. The zero-order valence-electron chi connectivity index (χ0n) is 7.02. The molecule has 1 aromatic carbocycles. The van der Waals surface area contributed by atoms with Crippen LogP contribution in [0.2, 0.25) is 0 Å². The van der Waals surface area contributed by atoms with Crippen LogP contribution in [0, 0.1) is 6.20 Å². The van der Waals surface area contributed by atoms with E-state index in [1.54, 1.807) is 0 Å². The summed E-state index contributed by atoms with van der Waals surface area (Å²) in [6, 6.07) is 8.18. The SMILES string of the molecule is CCNc1[c][nH]c2ccccc12. The minimum atomic E-state index is 0.929. The van der Waals surface area contributed by atoms with Crippen LogP contribution in [-0.4, -0.2) is 11.5 Å². The van der Waals surface area contributed by atoms with Crippen molar-refractivity contribution in [2.75, 3.05) is 11.9 Å². The van der Waals surface area contributed by atoms with Crippen molar-refractivity contribution in [3.05, 3.63) is 30.5 Å².